The second kappa shape index (κ2) is 7.06. The van der Waals surface area contributed by atoms with E-state index in [0.717, 1.165) is 27.6 Å². The Morgan fingerprint density at radius 2 is 2.04 bits per heavy atom. The third-order valence-corrected chi connectivity index (χ3v) is 4.64. The SMILES string of the molecule is COCCOc1ccc2cncc(C3C(=O)Nc4ccc(C#N)cc43)c2c1. The number of carbonyl (C=O) groups is 1. The van der Waals surface area contributed by atoms with Crippen LogP contribution in [0.2, 0.25) is 0 Å². The van der Waals surface area contributed by atoms with E-state index in [1.54, 1.807) is 37.7 Å². The second-order valence-electron chi connectivity index (χ2n) is 6.29. The predicted octanol–water partition coefficient (Wildman–Crippen LogP) is 3.22. The molecule has 0 saturated heterocycles. The van der Waals surface area contributed by atoms with Crippen molar-refractivity contribution >= 4 is 22.4 Å². The number of hydrogen-bond acceptors (Lipinski definition) is 5. The summed E-state index contributed by atoms with van der Waals surface area (Å²) >= 11 is 0. The van der Waals surface area contributed by atoms with Gasteiger partial charge >= 0.3 is 0 Å². The number of rotatable bonds is 5. The van der Waals surface area contributed by atoms with Crippen molar-refractivity contribution in [2.45, 2.75) is 5.92 Å². The van der Waals surface area contributed by atoms with Crippen LogP contribution in [0.15, 0.2) is 48.8 Å². The summed E-state index contributed by atoms with van der Waals surface area (Å²) in [5, 5.41) is 13.9. The average molecular weight is 359 g/mol. The number of aromatic nitrogens is 1. The van der Waals surface area contributed by atoms with Crippen molar-refractivity contribution in [3.05, 3.63) is 65.5 Å². The topological polar surface area (TPSA) is 84.2 Å². The van der Waals surface area contributed by atoms with E-state index in [2.05, 4.69) is 16.4 Å². The third kappa shape index (κ3) is 3.09. The Balaban J connectivity index is 1.81. The van der Waals surface area contributed by atoms with Crippen molar-refractivity contribution in [1.29, 1.82) is 5.26 Å². The molecule has 2 heterocycles. The Morgan fingerprint density at radius 3 is 2.85 bits per heavy atom. The molecule has 6 heteroatoms. The molecule has 1 atom stereocenters. The molecule has 3 aromatic rings. The maximum atomic E-state index is 12.7. The number of nitrogens with one attached hydrogen (secondary N) is 1. The van der Waals surface area contributed by atoms with Crippen molar-refractivity contribution in [2.24, 2.45) is 0 Å². The van der Waals surface area contributed by atoms with Gasteiger partial charge in [-0.05, 0) is 52.9 Å². The molecule has 1 aliphatic rings. The number of anilines is 1. The molecule has 0 fully saturated rings. The minimum Gasteiger partial charge on any atom is -0.491 e. The van der Waals surface area contributed by atoms with Crippen LogP contribution in [-0.2, 0) is 9.53 Å². The molecule has 0 bridgehead atoms. The van der Waals surface area contributed by atoms with Crippen LogP contribution in [0.1, 0.15) is 22.6 Å². The molecular weight excluding hydrogens is 342 g/mol. The monoisotopic (exact) mass is 359 g/mol. The number of benzene rings is 2. The molecule has 4 rings (SSSR count). The van der Waals surface area contributed by atoms with Gasteiger partial charge in [-0.2, -0.15) is 5.26 Å². The molecule has 0 saturated carbocycles. The van der Waals surface area contributed by atoms with Crippen LogP contribution in [0.4, 0.5) is 5.69 Å². The lowest BCUT2D eigenvalue weighted by Gasteiger charge is -2.14. The molecule has 1 unspecified atom stereocenters. The van der Waals surface area contributed by atoms with E-state index in [9.17, 15) is 10.1 Å². The fourth-order valence-corrected chi connectivity index (χ4v) is 3.37. The molecule has 0 spiro atoms. The minimum atomic E-state index is -0.515. The first-order chi connectivity index (χ1) is 13.2. The molecular formula is C21H17N3O3. The van der Waals surface area contributed by atoms with E-state index in [1.165, 1.54) is 0 Å². The first kappa shape index (κ1) is 17.0. The zero-order valence-electron chi connectivity index (χ0n) is 14.7. The molecule has 1 aromatic heterocycles. The van der Waals surface area contributed by atoms with E-state index in [4.69, 9.17) is 9.47 Å². The summed E-state index contributed by atoms with van der Waals surface area (Å²) in [5.74, 6) is 0.0650. The quantitative estimate of drug-likeness (QED) is 0.707. The average Bonchev–Trinajstić information content (AvgIpc) is 3.02. The smallest absolute Gasteiger partial charge is 0.236 e. The van der Waals surface area contributed by atoms with Gasteiger partial charge in [-0.15, -0.1) is 0 Å². The minimum absolute atomic E-state index is 0.125. The van der Waals surface area contributed by atoms with Crippen molar-refractivity contribution in [1.82, 2.24) is 4.98 Å². The summed E-state index contributed by atoms with van der Waals surface area (Å²) in [6.07, 6.45) is 3.47. The first-order valence-corrected chi connectivity index (χ1v) is 8.55. The van der Waals surface area contributed by atoms with Crippen LogP contribution in [0.25, 0.3) is 10.8 Å². The van der Waals surface area contributed by atoms with E-state index < -0.39 is 5.92 Å². The summed E-state index contributed by atoms with van der Waals surface area (Å²) in [5.41, 5.74) is 2.83. The zero-order valence-corrected chi connectivity index (χ0v) is 14.7. The standard InChI is InChI=1S/C21H17N3O3/c1-26-6-7-27-15-4-3-14-11-23-12-18(16(14)9-15)20-17-8-13(10-22)2-5-19(17)24-21(20)25/h2-5,8-9,11-12,20H,6-7H2,1H3,(H,24,25). The Hall–Kier alpha value is -3.43. The highest BCUT2D eigenvalue weighted by Crippen LogP contribution is 2.40. The molecule has 6 nitrogen and oxygen atoms in total. The number of fused-ring (bicyclic) bond motifs is 2. The highest BCUT2D eigenvalue weighted by molar-refractivity contribution is 6.07. The van der Waals surface area contributed by atoms with Crippen molar-refractivity contribution in [3.8, 4) is 11.8 Å². The van der Waals surface area contributed by atoms with Gasteiger partial charge in [0.25, 0.3) is 0 Å². The molecule has 1 aliphatic heterocycles. The fraction of sp³-hybridized carbons (Fsp3) is 0.190. The van der Waals surface area contributed by atoms with Crippen LogP contribution in [0.5, 0.6) is 5.75 Å². The lowest BCUT2D eigenvalue weighted by Crippen LogP contribution is -2.14. The van der Waals surface area contributed by atoms with Crippen molar-refractivity contribution in [3.63, 3.8) is 0 Å². The Labute approximate surface area is 156 Å². The summed E-state index contributed by atoms with van der Waals surface area (Å²) in [4.78, 5) is 17.0. The molecule has 1 amide bonds. The van der Waals surface area contributed by atoms with Crippen LogP contribution >= 0.6 is 0 Å². The molecule has 1 N–H and O–H groups in total. The number of nitriles is 1. The summed E-state index contributed by atoms with van der Waals surface area (Å²) in [6.45, 7) is 0.942. The molecule has 0 radical (unpaired) electrons. The van der Waals surface area contributed by atoms with Gasteiger partial charge < -0.3 is 14.8 Å². The largest absolute Gasteiger partial charge is 0.491 e. The van der Waals surface area contributed by atoms with Crippen molar-refractivity contribution in [2.75, 3.05) is 25.6 Å². The van der Waals surface area contributed by atoms with Crippen LogP contribution < -0.4 is 10.1 Å². The molecule has 2 aromatic carbocycles. The maximum absolute atomic E-state index is 12.7. The van der Waals surface area contributed by atoms with Gasteiger partial charge in [0.1, 0.15) is 12.4 Å². The lowest BCUT2D eigenvalue weighted by molar-refractivity contribution is -0.116. The highest BCUT2D eigenvalue weighted by Gasteiger charge is 2.33. The number of amides is 1. The Bertz CT molecular complexity index is 1070. The van der Waals surface area contributed by atoms with Crippen molar-refractivity contribution < 1.29 is 14.3 Å². The number of carbonyl (C=O) groups excluding carboxylic acids is 1. The highest BCUT2D eigenvalue weighted by atomic mass is 16.5. The van der Waals surface area contributed by atoms with E-state index in [1.807, 2.05) is 18.2 Å². The fourth-order valence-electron chi connectivity index (χ4n) is 3.37. The third-order valence-electron chi connectivity index (χ3n) is 4.64. The first-order valence-electron chi connectivity index (χ1n) is 8.55. The predicted molar refractivity (Wildman–Crippen MR) is 101 cm³/mol. The summed E-state index contributed by atoms with van der Waals surface area (Å²) in [7, 11) is 1.62. The van der Waals surface area contributed by atoms with Gasteiger partial charge in [-0.3, -0.25) is 9.78 Å². The second-order valence-corrected chi connectivity index (χ2v) is 6.29. The van der Waals surface area contributed by atoms with Crippen LogP contribution in [-0.4, -0.2) is 31.2 Å². The lowest BCUT2D eigenvalue weighted by atomic mass is 9.89. The summed E-state index contributed by atoms with van der Waals surface area (Å²) < 4.78 is 10.7. The zero-order chi connectivity index (χ0) is 18.8. The molecule has 134 valence electrons. The van der Waals surface area contributed by atoms with Gasteiger partial charge in [-0.1, -0.05) is 0 Å². The number of ether oxygens (including phenoxy) is 2. The van der Waals surface area contributed by atoms with E-state index in [-0.39, 0.29) is 5.91 Å². The van der Waals surface area contributed by atoms with E-state index in [0.29, 0.717) is 24.5 Å². The maximum Gasteiger partial charge on any atom is 0.236 e. The van der Waals surface area contributed by atoms with Crippen LogP contribution in [0, 0.1) is 11.3 Å². The van der Waals surface area contributed by atoms with Gasteiger partial charge in [0.15, 0.2) is 0 Å². The van der Waals surface area contributed by atoms with Gasteiger partial charge in [0.05, 0.1) is 24.2 Å². The van der Waals surface area contributed by atoms with Gasteiger partial charge in [0, 0.05) is 30.6 Å². The Morgan fingerprint density at radius 1 is 1.15 bits per heavy atom. The number of nitrogens with zero attached hydrogens (tertiary/aromatic N) is 2. The van der Waals surface area contributed by atoms with Gasteiger partial charge in [-0.25, -0.2) is 0 Å². The molecule has 0 aliphatic carbocycles. The Kier molecular flexibility index (Phi) is 4.45. The summed E-state index contributed by atoms with van der Waals surface area (Å²) in [6, 6.07) is 13.1. The number of hydrogen-bond donors (Lipinski definition) is 1. The van der Waals surface area contributed by atoms with E-state index >= 15 is 0 Å². The number of methoxy groups -OCH3 is 1. The van der Waals surface area contributed by atoms with Crippen LogP contribution in [0.3, 0.4) is 0 Å². The van der Waals surface area contributed by atoms with Gasteiger partial charge in [0.2, 0.25) is 5.91 Å². The number of pyridine rings is 1. The normalized spacial score (nSPS) is 15.3. The molecule has 27 heavy (non-hydrogen) atoms.